The molecule has 0 aliphatic carbocycles. The first-order valence-electron chi connectivity index (χ1n) is 4.35. The molecular formula is C9H9FO4S. The number of hydrogen-bond donors (Lipinski definition) is 0. The molecule has 0 spiro atoms. The predicted octanol–water partition coefficient (Wildman–Crippen LogP) is 1.13. The smallest absolute Gasteiger partial charge is 0.306 e. The van der Waals surface area contributed by atoms with Crippen LogP contribution < -0.4 is 9.47 Å². The van der Waals surface area contributed by atoms with Gasteiger partial charge >= 0.3 is 10.2 Å². The molecule has 1 aliphatic rings. The van der Waals surface area contributed by atoms with E-state index in [1.807, 2.05) is 0 Å². The van der Waals surface area contributed by atoms with E-state index in [2.05, 4.69) is 0 Å². The zero-order valence-corrected chi connectivity index (χ0v) is 8.54. The predicted molar refractivity (Wildman–Crippen MR) is 51.2 cm³/mol. The molecule has 15 heavy (non-hydrogen) atoms. The molecule has 0 aromatic heterocycles. The molecule has 1 heterocycles. The lowest BCUT2D eigenvalue weighted by Gasteiger charge is -2.25. The molecule has 0 N–H and O–H groups in total. The fourth-order valence-corrected chi connectivity index (χ4v) is 1.98. The van der Waals surface area contributed by atoms with E-state index in [1.165, 1.54) is 0 Å². The van der Waals surface area contributed by atoms with E-state index in [-0.39, 0.29) is 6.61 Å². The van der Waals surface area contributed by atoms with Crippen LogP contribution in [0.3, 0.4) is 0 Å². The summed E-state index contributed by atoms with van der Waals surface area (Å²) in [4.78, 5) is 0. The monoisotopic (exact) mass is 232 g/mol. The molecule has 1 unspecified atom stereocenters. The van der Waals surface area contributed by atoms with Crippen molar-refractivity contribution in [3.05, 3.63) is 24.3 Å². The average Bonchev–Trinajstić information content (AvgIpc) is 2.15. The van der Waals surface area contributed by atoms with Gasteiger partial charge in [0.25, 0.3) is 0 Å². The van der Waals surface area contributed by atoms with Gasteiger partial charge < -0.3 is 9.47 Å². The van der Waals surface area contributed by atoms with Gasteiger partial charge in [-0.25, -0.2) is 0 Å². The van der Waals surface area contributed by atoms with E-state index in [4.69, 9.17) is 9.47 Å². The van der Waals surface area contributed by atoms with Crippen LogP contribution in [-0.2, 0) is 10.2 Å². The van der Waals surface area contributed by atoms with Crippen LogP contribution in [-0.4, -0.2) is 26.9 Å². The van der Waals surface area contributed by atoms with Crippen molar-refractivity contribution in [3.63, 3.8) is 0 Å². The summed E-state index contributed by atoms with van der Waals surface area (Å²) in [6, 6.07) is 6.85. The van der Waals surface area contributed by atoms with Crippen LogP contribution in [0.1, 0.15) is 0 Å². The van der Waals surface area contributed by atoms with Crippen molar-refractivity contribution in [3.8, 4) is 11.5 Å². The lowest BCUT2D eigenvalue weighted by atomic mass is 10.3. The summed E-state index contributed by atoms with van der Waals surface area (Å²) in [6.45, 7) is 0.0418. The first kappa shape index (κ1) is 10.2. The molecule has 0 saturated heterocycles. The Morgan fingerprint density at radius 2 is 2.00 bits per heavy atom. The molecule has 0 saturated carbocycles. The Balaban J connectivity index is 2.12. The average molecular weight is 232 g/mol. The first-order valence-corrected chi connectivity index (χ1v) is 5.91. The van der Waals surface area contributed by atoms with Crippen molar-refractivity contribution >= 4 is 10.2 Å². The lowest BCUT2D eigenvalue weighted by molar-refractivity contribution is 0.105. The highest BCUT2D eigenvalue weighted by Gasteiger charge is 2.25. The Morgan fingerprint density at radius 1 is 1.33 bits per heavy atom. The molecule has 1 aromatic rings. The highest BCUT2D eigenvalue weighted by atomic mass is 32.3. The summed E-state index contributed by atoms with van der Waals surface area (Å²) in [5, 5.41) is 0. The Morgan fingerprint density at radius 3 is 2.67 bits per heavy atom. The van der Waals surface area contributed by atoms with Crippen LogP contribution in [0, 0.1) is 0 Å². The minimum absolute atomic E-state index is 0.0418. The van der Waals surface area contributed by atoms with Crippen molar-refractivity contribution in [1.82, 2.24) is 0 Å². The molecular weight excluding hydrogens is 223 g/mol. The minimum Gasteiger partial charge on any atom is -0.486 e. The van der Waals surface area contributed by atoms with Crippen molar-refractivity contribution in [2.75, 3.05) is 12.4 Å². The van der Waals surface area contributed by atoms with E-state index < -0.39 is 22.1 Å². The van der Waals surface area contributed by atoms with Crippen LogP contribution in [0.5, 0.6) is 11.5 Å². The topological polar surface area (TPSA) is 52.6 Å². The summed E-state index contributed by atoms with van der Waals surface area (Å²) in [5.74, 6) is 0.309. The van der Waals surface area contributed by atoms with E-state index >= 15 is 0 Å². The maximum absolute atomic E-state index is 12.4. The number of benzene rings is 1. The molecule has 82 valence electrons. The first-order chi connectivity index (χ1) is 7.04. The number of fused-ring (bicyclic) bond motifs is 1. The zero-order valence-electron chi connectivity index (χ0n) is 7.72. The largest absolute Gasteiger partial charge is 0.486 e. The Hall–Kier alpha value is -1.30. The molecule has 1 aromatic carbocycles. The molecule has 6 heteroatoms. The quantitative estimate of drug-likeness (QED) is 0.717. The Bertz CT molecular complexity index is 457. The van der Waals surface area contributed by atoms with E-state index in [0.29, 0.717) is 11.5 Å². The third-order valence-electron chi connectivity index (χ3n) is 1.95. The molecule has 0 amide bonds. The number of halogens is 1. The van der Waals surface area contributed by atoms with E-state index in [9.17, 15) is 12.3 Å². The number of hydrogen-bond acceptors (Lipinski definition) is 4. The second-order valence-corrected chi connectivity index (χ2v) is 4.61. The highest BCUT2D eigenvalue weighted by Crippen LogP contribution is 2.31. The van der Waals surface area contributed by atoms with Crippen molar-refractivity contribution in [2.24, 2.45) is 0 Å². The second-order valence-electron chi connectivity index (χ2n) is 3.20. The summed E-state index contributed by atoms with van der Waals surface area (Å²) in [6.07, 6.45) is -0.783. The molecule has 0 fully saturated rings. The van der Waals surface area contributed by atoms with Crippen LogP contribution in [0.15, 0.2) is 24.3 Å². The number of para-hydroxylation sites is 2. The second kappa shape index (κ2) is 3.69. The van der Waals surface area contributed by atoms with E-state index in [1.54, 1.807) is 24.3 Å². The van der Waals surface area contributed by atoms with Crippen molar-refractivity contribution in [1.29, 1.82) is 0 Å². The maximum Gasteiger partial charge on any atom is 0.306 e. The SMILES string of the molecule is O=S(=O)(F)CC1COc2ccccc2O1. The maximum atomic E-state index is 12.4. The highest BCUT2D eigenvalue weighted by molar-refractivity contribution is 7.86. The van der Waals surface area contributed by atoms with Crippen molar-refractivity contribution in [2.45, 2.75) is 6.10 Å². The van der Waals surface area contributed by atoms with Gasteiger partial charge in [0, 0.05) is 0 Å². The van der Waals surface area contributed by atoms with Gasteiger partial charge in [0.15, 0.2) is 11.5 Å². The molecule has 4 nitrogen and oxygen atoms in total. The molecule has 1 atom stereocenters. The van der Waals surface area contributed by atoms with Gasteiger partial charge in [-0.15, -0.1) is 3.89 Å². The molecule has 1 aliphatic heterocycles. The molecule has 0 radical (unpaired) electrons. The normalized spacial score (nSPS) is 19.9. The zero-order chi connectivity index (χ0) is 10.9. The van der Waals surface area contributed by atoms with Gasteiger partial charge in [0.1, 0.15) is 18.5 Å². The van der Waals surface area contributed by atoms with Gasteiger partial charge in [-0.05, 0) is 12.1 Å². The molecule has 2 rings (SSSR count). The Labute approximate surface area is 86.8 Å². The number of ether oxygens (including phenoxy) is 2. The summed E-state index contributed by atoms with van der Waals surface area (Å²) in [7, 11) is -4.53. The standard InChI is InChI=1S/C9H9FO4S/c10-15(11,12)6-7-5-13-8-3-1-2-4-9(8)14-7/h1-4,7H,5-6H2. The van der Waals surface area contributed by atoms with Crippen LogP contribution in [0.25, 0.3) is 0 Å². The van der Waals surface area contributed by atoms with Crippen LogP contribution in [0.2, 0.25) is 0 Å². The van der Waals surface area contributed by atoms with Gasteiger partial charge in [0.05, 0.1) is 0 Å². The minimum atomic E-state index is -4.53. The van der Waals surface area contributed by atoms with Crippen LogP contribution >= 0.6 is 0 Å². The van der Waals surface area contributed by atoms with Gasteiger partial charge in [-0.2, -0.15) is 8.42 Å². The molecule has 0 bridgehead atoms. The number of rotatable bonds is 2. The van der Waals surface area contributed by atoms with Crippen LogP contribution in [0.4, 0.5) is 3.89 Å². The lowest BCUT2D eigenvalue weighted by Crippen LogP contribution is -2.34. The fraction of sp³-hybridized carbons (Fsp3) is 0.333. The van der Waals surface area contributed by atoms with Gasteiger partial charge in [-0.1, -0.05) is 12.1 Å². The fourth-order valence-electron chi connectivity index (χ4n) is 1.37. The van der Waals surface area contributed by atoms with Gasteiger partial charge in [-0.3, -0.25) is 0 Å². The van der Waals surface area contributed by atoms with Gasteiger partial charge in [0.2, 0.25) is 0 Å². The third kappa shape index (κ3) is 2.59. The summed E-state index contributed by atoms with van der Waals surface area (Å²) >= 11 is 0. The van der Waals surface area contributed by atoms with E-state index in [0.717, 1.165) is 0 Å². The summed E-state index contributed by atoms with van der Waals surface area (Å²) < 4.78 is 43.7. The van der Waals surface area contributed by atoms with Crippen molar-refractivity contribution < 1.29 is 21.8 Å². The third-order valence-corrected chi connectivity index (χ3v) is 2.72. The summed E-state index contributed by atoms with van der Waals surface area (Å²) in [5.41, 5.74) is 0. The Kier molecular flexibility index (Phi) is 2.52.